The van der Waals surface area contributed by atoms with Crippen molar-refractivity contribution in [1.82, 2.24) is 9.80 Å². The molecule has 0 radical (unpaired) electrons. The first-order valence-electron chi connectivity index (χ1n) is 4.55. The van der Waals surface area contributed by atoms with E-state index in [0.717, 1.165) is 6.04 Å². The van der Waals surface area contributed by atoms with Gasteiger partial charge >= 0.3 is 0 Å². The quantitative estimate of drug-likeness (QED) is 0.559. The predicted molar refractivity (Wildman–Crippen MR) is 48.8 cm³/mol. The molecule has 0 aromatic rings. The monoisotopic (exact) mass is 156 g/mol. The highest BCUT2D eigenvalue weighted by atomic mass is 15.2. The van der Waals surface area contributed by atoms with Gasteiger partial charge in [0, 0.05) is 12.6 Å². The van der Waals surface area contributed by atoms with Gasteiger partial charge < -0.3 is 9.80 Å². The average molecular weight is 156 g/mol. The maximum absolute atomic E-state index is 2.44. The van der Waals surface area contributed by atoms with E-state index in [1.54, 1.807) is 0 Å². The predicted octanol–water partition coefficient (Wildman–Crippen LogP) is 1.03. The first-order chi connectivity index (χ1) is 5.20. The Morgan fingerprint density at radius 1 is 1.27 bits per heavy atom. The molecule has 0 spiro atoms. The Bertz CT molecular complexity index is 112. The molecule has 1 atom stereocenters. The molecular weight excluding hydrogens is 136 g/mol. The Morgan fingerprint density at radius 2 is 2.00 bits per heavy atom. The van der Waals surface area contributed by atoms with Crippen LogP contribution in [0.4, 0.5) is 0 Å². The normalized spacial score (nSPS) is 28.9. The average Bonchev–Trinajstić information content (AvgIpc) is 2.13. The van der Waals surface area contributed by atoms with Crippen molar-refractivity contribution in [3.8, 4) is 0 Å². The lowest BCUT2D eigenvalue weighted by molar-refractivity contribution is 0.220. The van der Waals surface area contributed by atoms with Gasteiger partial charge in [0.2, 0.25) is 0 Å². The zero-order valence-corrected chi connectivity index (χ0v) is 8.01. The molecule has 0 aromatic heterocycles. The molecule has 1 rings (SSSR count). The van der Waals surface area contributed by atoms with E-state index in [0.29, 0.717) is 0 Å². The van der Waals surface area contributed by atoms with Crippen LogP contribution in [0.3, 0.4) is 0 Å². The largest absolute Gasteiger partial charge is 0.305 e. The van der Waals surface area contributed by atoms with Crippen molar-refractivity contribution in [1.29, 1.82) is 0 Å². The molecule has 0 aromatic carbocycles. The SMILES string of the molecule is CN1CCCCC(N(C)C)C1. The molecule has 0 bridgehead atoms. The fourth-order valence-corrected chi connectivity index (χ4v) is 1.73. The Balaban J connectivity index is 2.39. The van der Waals surface area contributed by atoms with Crippen LogP contribution in [-0.2, 0) is 0 Å². The lowest BCUT2D eigenvalue weighted by Crippen LogP contribution is -2.37. The zero-order chi connectivity index (χ0) is 8.27. The van der Waals surface area contributed by atoms with Crippen molar-refractivity contribution in [2.75, 3.05) is 34.2 Å². The van der Waals surface area contributed by atoms with E-state index in [1.807, 2.05) is 0 Å². The van der Waals surface area contributed by atoms with E-state index < -0.39 is 0 Å². The van der Waals surface area contributed by atoms with Crippen molar-refractivity contribution in [3.63, 3.8) is 0 Å². The van der Waals surface area contributed by atoms with Crippen molar-refractivity contribution >= 4 is 0 Å². The van der Waals surface area contributed by atoms with Crippen LogP contribution in [0, 0.1) is 0 Å². The number of likely N-dealkylation sites (tertiary alicyclic amines) is 1. The summed E-state index contributed by atoms with van der Waals surface area (Å²) in [5, 5.41) is 0. The van der Waals surface area contributed by atoms with Gasteiger partial charge in [-0.2, -0.15) is 0 Å². The van der Waals surface area contributed by atoms with Crippen molar-refractivity contribution in [3.05, 3.63) is 0 Å². The summed E-state index contributed by atoms with van der Waals surface area (Å²) in [6.45, 7) is 2.53. The smallest absolute Gasteiger partial charge is 0.0216 e. The Hall–Kier alpha value is -0.0800. The minimum Gasteiger partial charge on any atom is -0.305 e. The molecule has 11 heavy (non-hydrogen) atoms. The highest BCUT2D eigenvalue weighted by molar-refractivity contribution is 4.73. The van der Waals surface area contributed by atoms with Crippen molar-refractivity contribution < 1.29 is 0 Å². The molecule has 2 heteroatoms. The van der Waals surface area contributed by atoms with Gasteiger partial charge in [-0.25, -0.2) is 0 Å². The van der Waals surface area contributed by atoms with E-state index >= 15 is 0 Å². The Labute approximate surface area is 70.2 Å². The van der Waals surface area contributed by atoms with Crippen LogP contribution in [0.2, 0.25) is 0 Å². The maximum Gasteiger partial charge on any atom is 0.0216 e. The Kier molecular flexibility index (Phi) is 3.34. The maximum atomic E-state index is 2.44. The van der Waals surface area contributed by atoms with Crippen LogP contribution in [0.25, 0.3) is 0 Å². The second kappa shape index (κ2) is 4.07. The molecule has 0 saturated carbocycles. The zero-order valence-electron chi connectivity index (χ0n) is 8.01. The first-order valence-corrected chi connectivity index (χ1v) is 4.55. The summed E-state index contributed by atoms with van der Waals surface area (Å²) in [7, 11) is 6.59. The van der Waals surface area contributed by atoms with Crippen LogP contribution in [-0.4, -0.2) is 50.1 Å². The lowest BCUT2D eigenvalue weighted by Gasteiger charge is -2.25. The second-order valence-electron chi connectivity index (χ2n) is 3.88. The summed E-state index contributed by atoms with van der Waals surface area (Å²) in [5.74, 6) is 0. The van der Waals surface area contributed by atoms with E-state index in [-0.39, 0.29) is 0 Å². The molecule has 0 N–H and O–H groups in total. The minimum atomic E-state index is 0.780. The fourth-order valence-electron chi connectivity index (χ4n) is 1.73. The third kappa shape index (κ3) is 2.80. The van der Waals surface area contributed by atoms with Gasteiger partial charge in [-0.05, 0) is 40.5 Å². The number of rotatable bonds is 1. The van der Waals surface area contributed by atoms with Crippen molar-refractivity contribution in [2.24, 2.45) is 0 Å². The summed E-state index contributed by atoms with van der Waals surface area (Å²) >= 11 is 0. The van der Waals surface area contributed by atoms with Crippen LogP contribution in [0.1, 0.15) is 19.3 Å². The number of likely N-dealkylation sites (N-methyl/N-ethyl adjacent to an activating group) is 2. The highest BCUT2D eigenvalue weighted by Crippen LogP contribution is 2.12. The molecule has 1 fully saturated rings. The van der Waals surface area contributed by atoms with Crippen molar-refractivity contribution in [2.45, 2.75) is 25.3 Å². The summed E-state index contributed by atoms with van der Waals surface area (Å²) in [4.78, 5) is 4.79. The van der Waals surface area contributed by atoms with E-state index in [1.165, 1.54) is 32.4 Å². The molecule has 2 nitrogen and oxygen atoms in total. The molecule has 0 aliphatic carbocycles. The van der Waals surface area contributed by atoms with Gasteiger partial charge in [-0.1, -0.05) is 6.42 Å². The molecule has 1 saturated heterocycles. The van der Waals surface area contributed by atoms with Crippen LogP contribution in [0.15, 0.2) is 0 Å². The number of nitrogens with zero attached hydrogens (tertiary/aromatic N) is 2. The Morgan fingerprint density at radius 3 is 2.64 bits per heavy atom. The van der Waals surface area contributed by atoms with Gasteiger partial charge in [0.05, 0.1) is 0 Å². The molecule has 66 valence electrons. The van der Waals surface area contributed by atoms with Gasteiger partial charge in [0.25, 0.3) is 0 Å². The first kappa shape index (κ1) is 9.01. The van der Waals surface area contributed by atoms with E-state index in [4.69, 9.17) is 0 Å². The molecule has 0 amide bonds. The molecule has 1 aliphatic rings. The van der Waals surface area contributed by atoms with E-state index in [9.17, 15) is 0 Å². The number of hydrogen-bond donors (Lipinski definition) is 0. The summed E-state index contributed by atoms with van der Waals surface area (Å²) in [6, 6.07) is 0.780. The molecule has 1 unspecified atom stereocenters. The van der Waals surface area contributed by atoms with Crippen LogP contribution >= 0.6 is 0 Å². The second-order valence-corrected chi connectivity index (χ2v) is 3.88. The molecule has 1 aliphatic heterocycles. The fraction of sp³-hybridized carbons (Fsp3) is 1.00. The molecule has 1 heterocycles. The number of hydrogen-bond acceptors (Lipinski definition) is 2. The summed E-state index contributed by atoms with van der Waals surface area (Å²) < 4.78 is 0. The topological polar surface area (TPSA) is 6.48 Å². The minimum absolute atomic E-state index is 0.780. The lowest BCUT2D eigenvalue weighted by atomic mass is 10.1. The highest BCUT2D eigenvalue weighted by Gasteiger charge is 2.16. The summed E-state index contributed by atoms with van der Waals surface area (Å²) in [6.07, 6.45) is 4.14. The van der Waals surface area contributed by atoms with Gasteiger partial charge in [-0.3, -0.25) is 0 Å². The van der Waals surface area contributed by atoms with Gasteiger partial charge in [0.1, 0.15) is 0 Å². The molecular formula is C9H20N2. The standard InChI is InChI=1S/C9H20N2/c1-10(2)9-6-4-5-7-11(3)8-9/h9H,4-8H2,1-3H3. The van der Waals surface area contributed by atoms with E-state index in [2.05, 4.69) is 30.9 Å². The van der Waals surface area contributed by atoms with Crippen LogP contribution in [0.5, 0.6) is 0 Å². The third-order valence-electron chi connectivity index (χ3n) is 2.58. The van der Waals surface area contributed by atoms with Crippen LogP contribution < -0.4 is 0 Å². The third-order valence-corrected chi connectivity index (χ3v) is 2.58. The summed E-state index contributed by atoms with van der Waals surface area (Å²) in [5.41, 5.74) is 0. The van der Waals surface area contributed by atoms with Gasteiger partial charge in [0.15, 0.2) is 0 Å². The van der Waals surface area contributed by atoms with Gasteiger partial charge in [-0.15, -0.1) is 0 Å².